The maximum absolute atomic E-state index is 12.9. The molecule has 1 heterocycles. The molecule has 2 aliphatic rings. The van der Waals surface area contributed by atoms with Gasteiger partial charge in [0.1, 0.15) is 5.54 Å². The Morgan fingerprint density at radius 2 is 1.43 bits per heavy atom. The highest BCUT2D eigenvalue weighted by Crippen LogP contribution is 2.30. The van der Waals surface area contributed by atoms with Gasteiger partial charge in [0.15, 0.2) is 0 Å². The van der Waals surface area contributed by atoms with Crippen molar-refractivity contribution in [2.24, 2.45) is 5.73 Å². The van der Waals surface area contributed by atoms with Crippen LogP contribution in [-0.4, -0.2) is 29.4 Å². The number of likely N-dealkylation sites (tertiary alicyclic amines) is 1. The van der Waals surface area contributed by atoms with Crippen LogP contribution in [0.4, 0.5) is 0 Å². The van der Waals surface area contributed by atoms with E-state index in [2.05, 4.69) is 12.1 Å². The lowest BCUT2D eigenvalue weighted by molar-refractivity contribution is -0.137. The number of nitrogens with zero attached hydrogens (tertiary/aromatic N) is 1. The van der Waals surface area contributed by atoms with E-state index < -0.39 is 5.54 Å². The molecule has 0 saturated carbocycles. The van der Waals surface area contributed by atoms with Gasteiger partial charge in [-0.05, 0) is 36.8 Å². The highest BCUT2D eigenvalue weighted by Gasteiger charge is 2.42. The molecule has 21 heavy (non-hydrogen) atoms. The predicted octanol–water partition coefficient (Wildman–Crippen LogP) is 2.70. The second-order valence-corrected chi connectivity index (χ2v) is 6.34. The minimum Gasteiger partial charge on any atom is -0.341 e. The third-order valence-corrected chi connectivity index (χ3v) is 4.70. The van der Waals surface area contributed by atoms with Gasteiger partial charge < -0.3 is 10.6 Å². The van der Waals surface area contributed by atoms with Crippen molar-refractivity contribution < 1.29 is 4.79 Å². The average Bonchev–Trinajstić information content (AvgIpc) is 2.75. The zero-order valence-electron chi connectivity index (χ0n) is 12.5. The molecule has 1 aliphatic carbocycles. The summed E-state index contributed by atoms with van der Waals surface area (Å²) in [6.45, 7) is 1.77. The van der Waals surface area contributed by atoms with E-state index in [1.807, 2.05) is 17.0 Å². The van der Waals surface area contributed by atoms with Crippen LogP contribution in [0, 0.1) is 0 Å². The van der Waals surface area contributed by atoms with Gasteiger partial charge in [-0.1, -0.05) is 43.5 Å². The second kappa shape index (κ2) is 6.80. The van der Waals surface area contributed by atoms with Gasteiger partial charge in [-0.25, -0.2) is 0 Å². The fourth-order valence-electron chi connectivity index (χ4n) is 3.56. The molecule has 1 saturated heterocycles. The molecule has 0 spiro atoms. The third kappa shape index (κ3) is 3.41. The number of hydrogen-bond donors (Lipinski definition) is 1. The van der Waals surface area contributed by atoms with Crippen molar-refractivity contribution >= 4 is 18.3 Å². The smallest absolute Gasteiger partial charge is 0.243 e. The van der Waals surface area contributed by atoms with Crippen molar-refractivity contribution in [3.63, 3.8) is 0 Å². The summed E-state index contributed by atoms with van der Waals surface area (Å²) >= 11 is 0. The number of carbonyl (C=O) groups is 1. The molecule has 116 valence electrons. The summed E-state index contributed by atoms with van der Waals surface area (Å²) in [6.07, 6.45) is 7.41. The van der Waals surface area contributed by atoms with Crippen molar-refractivity contribution in [1.82, 2.24) is 4.90 Å². The van der Waals surface area contributed by atoms with Crippen LogP contribution in [0.3, 0.4) is 0 Å². The molecule has 1 aliphatic heterocycles. The Morgan fingerprint density at radius 3 is 1.95 bits per heavy atom. The summed E-state index contributed by atoms with van der Waals surface area (Å²) in [6, 6.07) is 8.27. The predicted molar refractivity (Wildman–Crippen MR) is 87.7 cm³/mol. The van der Waals surface area contributed by atoms with Crippen LogP contribution >= 0.6 is 12.4 Å². The SMILES string of the molecule is Cl.NC1(C(=O)N2CCCCCCC2)Cc2ccccc2C1. The highest BCUT2D eigenvalue weighted by atomic mass is 35.5. The second-order valence-electron chi connectivity index (χ2n) is 6.34. The molecule has 1 aromatic carbocycles. The van der Waals surface area contributed by atoms with Gasteiger partial charge in [-0.3, -0.25) is 4.79 Å². The molecule has 0 radical (unpaired) electrons. The standard InChI is InChI=1S/C17H24N2O.ClH/c18-17(12-14-8-4-5-9-15(14)13-17)16(20)19-10-6-2-1-3-7-11-19;/h4-5,8-9H,1-3,6-7,10-13,18H2;1H. The molecule has 0 bridgehead atoms. The van der Waals surface area contributed by atoms with E-state index in [-0.39, 0.29) is 18.3 Å². The van der Waals surface area contributed by atoms with Crippen LogP contribution < -0.4 is 5.73 Å². The lowest BCUT2D eigenvalue weighted by Gasteiger charge is -2.32. The zero-order valence-corrected chi connectivity index (χ0v) is 13.3. The largest absolute Gasteiger partial charge is 0.341 e. The normalized spacial score (nSPS) is 20.9. The summed E-state index contributed by atoms with van der Waals surface area (Å²) in [7, 11) is 0. The molecule has 0 unspecified atom stereocenters. The van der Waals surface area contributed by atoms with Gasteiger partial charge in [-0.15, -0.1) is 12.4 Å². The van der Waals surface area contributed by atoms with Crippen molar-refractivity contribution in [1.29, 1.82) is 0 Å². The maximum atomic E-state index is 12.9. The summed E-state index contributed by atoms with van der Waals surface area (Å²) in [5.41, 5.74) is 8.27. The highest BCUT2D eigenvalue weighted by molar-refractivity contribution is 5.88. The molecule has 1 amide bonds. The Hall–Kier alpha value is -1.06. The first-order valence-corrected chi connectivity index (χ1v) is 7.84. The number of amides is 1. The van der Waals surface area contributed by atoms with E-state index in [9.17, 15) is 4.79 Å². The first-order chi connectivity index (χ1) is 9.69. The molecule has 1 aromatic rings. The molecule has 3 rings (SSSR count). The first kappa shape index (κ1) is 16.3. The van der Waals surface area contributed by atoms with E-state index in [0.29, 0.717) is 12.8 Å². The monoisotopic (exact) mass is 308 g/mol. The quantitative estimate of drug-likeness (QED) is 0.867. The Labute approximate surface area is 133 Å². The van der Waals surface area contributed by atoms with Gasteiger partial charge in [0.2, 0.25) is 5.91 Å². The average molecular weight is 309 g/mol. The number of benzene rings is 1. The van der Waals surface area contributed by atoms with Gasteiger partial charge in [0.05, 0.1) is 0 Å². The minimum absolute atomic E-state index is 0. The minimum atomic E-state index is -0.705. The Bertz CT molecular complexity index is 470. The van der Waals surface area contributed by atoms with Gasteiger partial charge in [0, 0.05) is 13.1 Å². The Morgan fingerprint density at radius 1 is 0.952 bits per heavy atom. The lowest BCUT2D eigenvalue weighted by atomic mass is 9.94. The Kier molecular flexibility index (Phi) is 5.28. The van der Waals surface area contributed by atoms with Gasteiger partial charge in [-0.2, -0.15) is 0 Å². The van der Waals surface area contributed by atoms with E-state index in [4.69, 9.17) is 5.73 Å². The van der Waals surface area contributed by atoms with Crippen molar-refractivity contribution in [3.8, 4) is 0 Å². The molecular formula is C17H25ClN2O. The number of rotatable bonds is 1. The van der Waals surface area contributed by atoms with Crippen molar-refractivity contribution in [3.05, 3.63) is 35.4 Å². The van der Waals surface area contributed by atoms with Crippen LogP contribution in [0.2, 0.25) is 0 Å². The summed E-state index contributed by atoms with van der Waals surface area (Å²) in [5.74, 6) is 0.163. The number of carbonyl (C=O) groups excluding carboxylic acids is 1. The molecule has 4 heteroatoms. The summed E-state index contributed by atoms with van der Waals surface area (Å²) in [5, 5.41) is 0. The molecule has 0 aromatic heterocycles. The molecule has 2 N–H and O–H groups in total. The number of fused-ring (bicyclic) bond motifs is 1. The number of halogens is 1. The lowest BCUT2D eigenvalue weighted by Crippen LogP contribution is -2.56. The molecule has 3 nitrogen and oxygen atoms in total. The van der Waals surface area contributed by atoms with Crippen LogP contribution in [0.25, 0.3) is 0 Å². The van der Waals surface area contributed by atoms with Crippen molar-refractivity contribution in [2.75, 3.05) is 13.1 Å². The molecular weight excluding hydrogens is 284 g/mol. The van der Waals surface area contributed by atoms with Gasteiger partial charge in [0.25, 0.3) is 0 Å². The van der Waals surface area contributed by atoms with E-state index in [1.54, 1.807) is 0 Å². The van der Waals surface area contributed by atoms with Gasteiger partial charge >= 0.3 is 0 Å². The number of hydrogen-bond acceptors (Lipinski definition) is 2. The van der Waals surface area contributed by atoms with E-state index in [0.717, 1.165) is 25.9 Å². The summed E-state index contributed by atoms with van der Waals surface area (Å²) < 4.78 is 0. The molecule has 1 fully saturated rings. The number of nitrogens with two attached hydrogens (primary N) is 1. The topological polar surface area (TPSA) is 46.3 Å². The Balaban J connectivity index is 0.00000161. The zero-order chi connectivity index (χ0) is 14.0. The first-order valence-electron chi connectivity index (χ1n) is 7.84. The van der Waals surface area contributed by atoms with Crippen LogP contribution in [0.1, 0.15) is 43.2 Å². The summed E-state index contributed by atoms with van der Waals surface area (Å²) in [4.78, 5) is 14.9. The van der Waals surface area contributed by atoms with Crippen LogP contribution in [-0.2, 0) is 17.6 Å². The van der Waals surface area contributed by atoms with E-state index >= 15 is 0 Å². The molecule has 0 atom stereocenters. The van der Waals surface area contributed by atoms with Crippen LogP contribution in [0.5, 0.6) is 0 Å². The van der Waals surface area contributed by atoms with E-state index in [1.165, 1.54) is 30.4 Å². The van der Waals surface area contributed by atoms with Crippen LogP contribution in [0.15, 0.2) is 24.3 Å². The fourth-order valence-corrected chi connectivity index (χ4v) is 3.56. The maximum Gasteiger partial charge on any atom is 0.243 e. The fraction of sp³-hybridized carbons (Fsp3) is 0.588. The van der Waals surface area contributed by atoms with Crippen molar-refractivity contribution in [2.45, 2.75) is 50.5 Å². The third-order valence-electron chi connectivity index (χ3n) is 4.70.